The third kappa shape index (κ3) is 9.68. The minimum Gasteiger partial charge on any atom is -0.467 e. The molecule has 1 saturated carbocycles. The average Bonchev–Trinajstić information content (AvgIpc) is 2.96. The Bertz CT molecular complexity index is 1050. The largest absolute Gasteiger partial charge is 0.467 e. The number of hydrogen-bond donors (Lipinski definition) is 1. The third-order valence-corrected chi connectivity index (χ3v) is 8.62. The summed E-state index contributed by atoms with van der Waals surface area (Å²) in [7, 11) is 1.37. The van der Waals surface area contributed by atoms with Crippen LogP contribution in [0.1, 0.15) is 86.2 Å². The fourth-order valence-electron chi connectivity index (χ4n) is 5.60. The highest BCUT2D eigenvalue weighted by Gasteiger charge is 2.24. The number of benzene rings is 2. The van der Waals surface area contributed by atoms with Gasteiger partial charge >= 0.3 is 5.97 Å². The molecule has 2 aromatic rings. The van der Waals surface area contributed by atoms with Crippen LogP contribution in [0.5, 0.6) is 0 Å². The zero-order valence-corrected chi connectivity index (χ0v) is 25.3. The molecule has 1 amide bonds. The van der Waals surface area contributed by atoms with Gasteiger partial charge in [-0.05, 0) is 91.6 Å². The molecule has 6 heteroatoms. The maximum atomic E-state index is 13.6. The number of esters is 1. The first kappa shape index (κ1) is 31.2. The van der Waals surface area contributed by atoms with E-state index >= 15 is 0 Å². The summed E-state index contributed by atoms with van der Waals surface area (Å²) in [5, 5.41) is 2.96. The lowest BCUT2D eigenvalue weighted by atomic mass is 9.87. The van der Waals surface area contributed by atoms with Crippen LogP contribution < -0.4 is 5.32 Å². The molecule has 0 aromatic heterocycles. The first-order valence-corrected chi connectivity index (χ1v) is 16.1. The van der Waals surface area contributed by atoms with Gasteiger partial charge in [0.15, 0.2) is 0 Å². The predicted octanol–water partition coefficient (Wildman–Crippen LogP) is 7.26. The van der Waals surface area contributed by atoms with E-state index in [1.54, 1.807) is 11.8 Å². The van der Waals surface area contributed by atoms with Crippen molar-refractivity contribution in [3.63, 3.8) is 0 Å². The molecule has 214 valence electrons. The van der Waals surface area contributed by atoms with E-state index in [4.69, 9.17) is 4.74 Å². The summed E-state index contributed by atoms with van der Waals surface area (Å²) >= 11 is 1.64. The van der Waals surface area contributed by atoms with E-state index in [1.165, 1.54) is 64.0 Å². The number of ether oxygens (including phenoxy) is 1. The first-order chi connectivity index (χ1) is 19.0. The normalized spacial score (nSPS) is 14.8. The molecule has 0 saturated heterocycles. The number of nitrogens with one attached hydrogen (secondary N) is 1. The molecule has 0 bridgehead atoms. The van der Waals surface area contributed by atoms with Crippen molar-refractivity contribution in [1.82, 2.24) is 10.2 Å². The lowest BCUT2D eigenvalue weighted by molar-refractivity contribution is -0.142. The molecule has 1 aliphatic carbocycles. The number of rotatable bonds is 15. The smallest absolute Gasteiger partial charge is 0.328 e. The molecule has 3 rings (SSSR count). The molecule has 5 nitrogen and oxygen atoms in total. The number of aryl methyl sites for hydroxylation is 1. The Morgan fingerprint density at radius 3 is 2.54 bits per heavy atom. The summed E-state index contributed by atoms with van der Waals surface area (Å²) in [6.07, 6.45) is 13.1. The van der Waals surface area contributed by atoms with Gasteiger partial charge in [0.2, 0.25) is 0 Å². The number of unbranched alkanes of at least 4 members (excludes halogenated alkanes) is 1. The van der Waals surface area contributed by atoms with Gasteiger partial charge in [0.05, 0.1) is 7.11 Å². The van der Waals surface area contributed by atoms with Gasteiger partial charge in [0.25, 0.3) is 5.91 Å². The SMILES string of the molecule is CCCCN(CCC1CCCCC1)Cc1ccc(C(=O)N[C@H](CCSC)C(=O)OC)c(-c2ccccc2C)c1. The average molecular weight is 553 g/mol. The Kier molecular flexibility index (Phi) is 13.4. The van der Waals surface area contributed by atoms with E-state index < -0.39 is 12.0 Å². The summed E-state index contributed by atoms with van der Waals surface area (Å²) < 4.78 is 4.97. The van der Waals surface area contributed by atoms with Crippen molar-refractivity contribution < 1.29 is 14.3 Å². The molecule has 0 unspecified atom stereocenters. The Morgan fingerprint density at radius 1 is 1.08 bits per heavy atom. The highest BCUT2D eigenvalue weighted by molar-refractivity contribution is 7.98. The van der Waals surface area contributed by atoms with Crippen LogP contribution >= 0.6 is 11.8 Å². The lowest BCUT2D eigenvalue weighted by Crippen LogP contribution is -2.42. The van der Waals surface area contributed by atoms with Crippen LogP contribution in [0.3, 0.4) is 0 Å². The number of thioether (sulfide) groups is 1. The Balaban J connectivity index is 1.86. The van der Waals surface area contributed by atoms with Gasteiger partial charge < -0.3 is 10.1 Å². The van der Waals surface area contributed by atoms with Crippen molar-refractivity contribution in [2.75, 3.05) is 32.2 Å². The Hall–Kier alpha value is -2.31. The maximum Gasteiger partial charge on any atom is 0.328 e. The molecule has 39 heavy (non-hydrogen) atoms. The summed E-state index contributed by atoms with van der Waals surface area (Å²) in [6.45, 7) is 7.44. The molecular weight excluding hydrogens is 504 g/mol. The van der Waals surface area contributed by atoms with E-state index in [9.17, 15) is 9.59 Å². The summed E-state index contributed by atoms with van der Waals surface area (Å²) in [5.41, 5.74) is 4.89. The van der Waals surface area contributed by atoms with Crippen molar-refractivity contribution >= 4 is 23.6 Å². The van der Waals surface area contributed by atoms with E-state index in [-0.39, 0.29) is 5.91 Å². The summed E-state index contributed by atoms with van der Waals surface area (Å²) in [6, 6.07) is 13.8. The molecule has 0 heterocycles. The Labute approximate surface area is 240 Å². The zero-order chi connectivity index (χ0) is 28.0. The maximum absolute atomic E-state index is 13.6. The van der Waals surface area contributed by atoms with E-state index in [1.807, 2.05) is 24.5 Å². The molecule has 1 N–H and O–H groups in total. The second-order valence-corrected chi connectivity index (χ2v) is 11.9. The van der Waals surface area contributed by atoms with E-state index in [0.29, 0.717) is 12.0 Å². The summed E-state index contributed by atoms with van der Waals surface area (Å²) in [5.74, 6) is 0.982. The van der Waals surface area contributed by atoms with E-state index in [0.717, 1.165) is 48.0 Å². The predicted molar refractivity (Wildman–Crippen MR) is 164 cm³/mol. The van der Waals surface area contributed by atoms with Crippen molar-refractivity contribution in [2.45, 2.75) is 84.2 Å². The monoisotopic (exact) mass is 552 g/mol. The van der Waals surface area contributed by atoms with Crippen LogP contribution in [-0.2, 0) is 16.1 Å². The molecule has 0 aliphatic heterocycles. The van der Waals surface area contributed by atoms with Crippen LogP contribution in [0.2, 0.25) is 0 Å². The second-order valence-electron chi connectivity index (χ2n) is 10.9. The van der Waals surface area contributed by atoms with Gasteiger partial charge in [-0.25, -0.2) is 4.79 Å². The number of methoxy groups -OCH3 is 1. The van der Waals surface area contributed by atoms with Gasteiger partial charge in [0.1, 0.15) is 6.04 Å². The van der Waals surface area contributed by atoms with Gasteiger partial charge in [0, 0.05) is 12.1 Å². The van der Waals surface area contributed by atoms with Crippen LogP contribution in [-0.4, -0.2) is 55.0 Å². The molecule has 1 fully saturated rings. The minimum atomic E-state index is -0.663. The molecule has 0 spiro atoms. The minimum absolute atomic E-state index is 0.239. The fraction of sp³-hybridized carbons (Fsp3) is 0.576. The van der Waals surface area contributed by atoms with Gasteiger partial charge in [-0.3, -0.25) is 9.69 Å². The number of amides is 1. The molecule has 1 atom stereocenters. The summed E-state index contributed by atoms with van der Waals surface area (Å²) in [4.78, 5) is 28.5. The number of hydrogen-bond acceptors (Lipinski definition) is 5. The van der Waals surface area contributed by atoms with Crippen molar-refractivity contribution in [1.29, 1.82) is 0 Å². The van der Waals surface area contributed by atoms with Crippen molar-refractivity contribution in [3.8, 4) is 11.1 Å². The van der Waals surface area contributed by atoms with Crippen LogP contribution in [0.4, 0.5) is 0 Å². The highest BCUT2D eigenvalue weighted by atomic mass is 32.2. The standard InChI is InChI=1S/C33H48N2O3S/c1-5-6-20-35(21-18-26-13-8-7-9-14-26)24-27-16-17-29(30(23-27)28-15-11-10-12-25(28)2)32(36)34-31(19-22-39-4)33(37)38-3/h10-12,15-17,23,26,31H,5-9,13-14,18-22,24H2,1-4H3,(H,34,36)/t31-/m1/s1. The van der Waals surface area contributed by atoms with Crippen LogP contribution in [0.15, 0.2) is 42.5 Å². The topological polar surface area (TPSA) is 58.6 Å². The highest BCUT2D eigenvalue weighted by Crippen LogP contribution is 2.30. The third-order valence-electron chi connectivity index (χ3n) is 7.98. The van der Waals surface area contributed by atoms with Crippen LogP contribution in [0, 0.1) is 12.8 Å². The van der Waals surface area contributed by atoms with E-state index in [2.05, 4.69) is 48.3 Å². The Morgan fingerprint density at radius 2 is 1.85 bits per heavy atom. The van der Waals surface area contributed by atoms with Gasteiger partial charge in [-0.15, -0.1) is 0 Å². The van der Waals surface area contributed by atoms with Gasteiger partial charge in [-0.1, -0.05) is 75.8 Å². The molecule has 2 aromatic carbocycles. The fourth-order valence-corrected chi connectivity index (χ4v) is 6.07. The first-order valence-electron chi connectivity index (χ1n) is 14.8. The number of nitrogens with zero attached hydrogens (tertiary/aromatic N) is 1. The molecule has 0 radical (unpaired) electrons. The van der Waals surface area contributed by atoms with Crippen molar-refractivity contribution in [2.24, 2.45) is 5.92 Å². The number of carbonyl (C=O) groups excluding carboxylic acids is 2. The second kappa shape index (κ2) is 16.7. The zero-order valence-electron chi connectivity index (χ0n) is 24.5. The lowest BCUT2D eigenvalue weighted by Gasteiger charge is -2.27. The van der Waals surface area contributed by atoms with Crippen molar-refractivity contribution in [3.05, 3.63) is 59.2 Å². The number of carbonyl (C=O) groups is 2. The quantitative estimate of drug-likeness (QED) is 0.236. The molecule has 1 aliphatic rings. The molecular formula is C33H48N2O3S. The van der Waals surface area contributed by atoms with Gasteiger partial charge in [-0.2, -0.15) is 11.8 Å². The van der Waals surface area contributed by atoms with Crippen LogP contribution in [0.25, 0.3) is 11.1 Å².